The quantitative estimate of drug-likeness (QED) is 0.881. The van der Waals surface area contributed by atoms with Gasteiger partial charge >= 0.3 is 0 Å². The molecule has 112 valence electrons. The summed E-state index contributed by atoms with van der Waals surface area (Å²) in [5, 5.41) is 4.86. The lowest BCUT2D eigenvalue weighted by molar-refractivity contribution is 0.106. The van der Waals surface area contributed by atoms with Crippen molar-refractivity contribution in [2.24, 2.45) is 5.10 Å². The van der Waals surface area contributed by atoms with Crippen LogP contribution in [-0.4, -0.2) is 25.1 Å². The van der Waals surface area contributed by atoms with E-state index in [1.54, 1.807) is 31.4 Å². The maximum atomic E-state index is 12.7. The van der Waals surface area contributed by atoms with Gasteiger partial charge in [0.25, 0.3) is 0 Å². The van der Waals surface area contributed by atoms with Gasteiger partial charge in [-0.1, -0.05) is 23.7 Å². The number of carbonyl (C=O) groups excluding carboxylic acids is 1. The van der Waals surface area contributed by atoms with Crippen LogP contribution >= 0.6 is 11.6 Å². The van der Waals surface area contributed by atoms with Crippen molar-refractivity contribution >= 4 is 23.1 Å². The molecule has 0 bridgehead atoms. The molecule has 3 rings (SSSR count). The van der Waals surface area contributed by atoms with E-state index in [4.69, 9.17) is 16.3 Å². The molecule has 1 N–H and O–H groups in total. The Morgan fingerprint density at radius 1 is 1.18 bits per heavy atom. The van der Waals surface area contributed by atoms with E-state index in [9.17, 15) is 4.79 Å². The molecular weight excluding hydrogens is 300 g/mol. The van der Waals surface area contributed by atoms with Gasteiger partial charge in [-0.05, 0) is 42.0 Å². The molecule has 0 aromatic heterocycles. The van der Waals surface area contributed by atoms with Crippen LogP contribution in [0, 0.1) is 0 Å². The molecule has 0 radical (unpaired) electrons. The molecule has 1 heterocycles. The average Bonchev–Trinajstić information content (AvgIpc) is 3.04. The van der Waals surface area contributed by atoms with Crippen molar-refractivity contribution < 1.29 is 9.53 Å². The van der Waals surface area contributed by atoms with E-state index >= 15 is 0 Å². The van der Waals surface area contributed by atoms with Crippen LogP contribution in [0.4, 0.5) is 0 Å². The number of carbonyl (C=O) groups is 1. The molecule has 0 fully saturated rings. The molecule has 0 aliphatic carbocycles. The zero-order chi connectivity index (χ0) is 15.5. The first-order chi connectivity index (χ1) is 10.7. The molecule has 1 aliphatic rings. The van der Waals surface area contributed by atoms with Gasteiger partial charge in [0, 0.05) is 17.1 Å². The van der Waals surface area contributed by atoms with Gasteiger partial charge in [0.1, 0.15) is 11.5 Å². The molecule has 1 unspecified atom stereocenters. The Kier molecular flexibility index (Phi) is 4.11. The smallest absolute Gasteiger partial charge is 0.209 e. The lowest BCUT2D eigenvalue weighted by atomic mass is 9.90. The minimum absolute atomic E-state index is 0.0631. The summed E-state index contributed by atoms with van der Waals surface area (Å²) < 4.78 is 5.11. The van der Waals surface area contributed by atoms with Gasteiger partial charge < -0.3 is 10.2 Å². The van der Waals surface area contributed by atoms with Crippen LogP contribution in [0.2, 0.25) is 5.02 Å². The van der Waals surface area contributed by atoms with Gasteiger partial charge in [0.05, 0.1) is 13.0 Å². The number of nitrogens with zero attached hydrogens (tertiary/aromatic N) is 1. The van der Waals surface area contributed by atoms with Crippen molar-refractivity contribution in [3.05, 3.63) is 64.7 Å². The zero-order valence-electron chi connectivity index (χ0n) is 12.0. The van der Waals surface area contributed by atoms with E-state index in [1.807, 2.05) is 24.3 Å². The Bertz CT molecular complexity index is 708. The minimum atomic E-state index is -0.0763. The monoisotopic (exact) mass is 314 g/mol. The van der Waals surface area contributed by atoms with E-state index in [2.05, 4.69) is 10.5 Å². The number of rotatable bonds is 4. The molecule has 0 saturated heterocycles. The van der Waals surface area contributed by atoms with E-state index in [0.29, 0.717) is 22.8 Å². The topological polar surface area (TPSA) is 50.7 Å². The number of nitrogens with one attached hydrogen (secondary N) is 1. The summed E-state index contributed by atoms with van der Waals surface area (Å²) in [4.78, 5) is 12.7. The molecule has 5 heteroatoms. The van der Waals surface area contributed by atoms with E-state index in [1.165, 1.54) is 0 Å². The second-order valence-electron chi connectivity index (χ2n) is 5.02. The van der Waals surface area contributed by atoms with E-state index in [-0.39, 0.29) is 11.7 Å². The van der Waals surface area contributed by atoms with Gasteiger partial charge in [-0.25, -0.2) is 0 Å². The third-order valence-electron chi connectivity index (χ3n) is 3.68. The van der Waals surface area contributed by atoms with Crippen LogP contribution in [0.3, 0.4) is 0 Å². The SMILES string of the molecule is COc1ccc(C(=O)C2=NNCC2c2ccc(Cl)cc2)cc1. The lowest BCUT2D eigenvalue weighted by Crippen LogP contribution is -2.21. The van der Waals surface area contributed by atoms with Crippen molar-refractivity contribution in [1.29, 1.82) is 0 Å². The molecule has 1 aliphatic heterocycles. The van der Waals surface area contributed by atoms with Crippen LogP contribution in [0.5, 0.6) is 5.75 Å². The van der Waals surface area contributed by atoms with Crippen LogP contribution in [0.25, 0.3) is 0 Å². The number of ether oxygens (including phenoxy) is 1. The number of hydrogen-bond acceptors (Lipinski definition) is 4. The van der Waals surface area contributed by atoms with Crippen LogP contribution in [0.15, 0.2) is 53.6 Å². The second-order valence-corrected chi connectivity index (χ2v) is 5.46. The number of hydrogen-bond donors (Lipinski definition) is 1. The first-order valence-electron chi connectivity index (χ1n) is 6.93. The number of halogens is 1. The summed E-state index contributed by atoms with van der Waals surface area (Å²) in [7, 11) is 1.60. The van der Waals surface area contributed by atoms with Gasteiger partial charge in [0.2, 0.25) is 5.78 Å². The number of ketones is 1. The lowest BCUT2D eigenvalue weighted by Gasteiger charge is -2.12. The molecule has 22 heavy (non-hydrogen) atoms. The van der Waals surface area contributed by atoms with Crippen molar-refractivity contribution in [3.63, 3.8) is 0 Å². The number of methoxy groups -OCH3 is 1. The van der Waals surface area contributed by atoms with Crippen LogP contribution < -0.4 is 10.2 Å². The fourth-order valence-electron chi connectivity index (χ4n) is 2.47. The predicted molar refractivity (Wildman–Crippen MR) is 87.0 cm³/mol. The third kappa shape index (κ3) is 2.83. The van der Waals surface area contributed by atoms with Crippen molar-refractivity contribution in [3.8, 4) is 5.75 Å². The maximum absolute atomic E-state index is 12.7. The Morgan fingerprint density at radius 3 is 2.50 bits per heavy atom. The van der Waals surface area contributed by atoms with Crippen LogP contribution in [0.1, 0.15) is 21.8 Å². The molecule has 2 aromatic rings. The normalized spacial score (nSPS) is 16.8. The minimum Gasteiger partial charge on any atom is -0.497 e. The molecule has 4 nitrogen and oxygen atoms in total. The standard InChI is InChI=1S/C17H15ClN2O2/c1-22-14-8-4-12(5-9-14)17(21)16-15(10-19-20-16)11-2-6-13(18)7-3-11/h2-9,15,19H,10H2,1H3. The van der Waals surface area contributed by atoms with E-state index in [0.717, 1.165) is 11.3 Å². The Labute approximate surface area is 133 Å². The van der Waals surface area contributed by atoms with Crippen molar-refractivity contribution in [1.82, 2.24) is 5.43 Å². The third-order valence-corrected chi connectivity index (χ3v) is 3.93. The molecule has 0 amide bonds. The van der Waals surface area contributed by atoms with Crippen molar-refractivity contribution in [2.75, 3.05) is 13.7 Å². The summed E-state index contributed by atoms with van der Waals surface area (Å²) >= 11 is 5.92. The predicted octanol–water partition coefficient (Wildman–Crippen LogP) is 3.27. The average molecular weight is 315 g/mol. The molecule has 1 atom stereocenters. The maximum Gasteiger partial charge on any atom is 0.209 e. The largest absolute Gasteiger partial charge is 0.497 e. The summed E-state index contributed by atoms with van der Waals surface area (Å²) in [5.74, 6) is 0.580. The highest BCUT2D eigenvalue weighted by Gasteiger charge is 2.29. The van der Waals surface area contributed by atoms with E-state index < -0.39 is 0 Å². The summed E-state index contributed by atoms with van der Waals surface area (Å²) in [6, 6.07) is 14.5. The highest BCUT2D eigenvalue weighted by atomic mass is 35.5. The number of Topliss-reactive ketones (excluding diaryl/α,β-unsaturated/α-hetero) is 1. The van der Waals surface area contributed by atoms with Gasteiger partial charge in [0.15, 0.2) is 0 Å². The highest BCUT2D eigenvalue weighted by Crippen LogP contribution is 2.24. The molecule has 2 aromatic carbocycles. The fourth-order valence-corrected chi connectivity index (χ4v) is 2.59. The summed E-state index contributed by atoms with van der Waals surface area (Å²) in [6.07, 6.45) is 0. The molecule has 0 saturated carbocycles. The molecular formula is C17H15ClN2O2. The van der Waals surface area contributed by atoms with Gasteiger partial charge in [-0.3, -0.25) is 4.79 Å². The van der Waals surface area contributed by atoms with Crippen molar-refractivity contribution in [2.45, 2.75) is 5.92 Å². The van der Waals surface area contributed by atoms with Gasteiger partial charge in [-0.15, -0.1) is 0 Å². The Hall–Kier alpha value is -2.33. The summed E-state index contributed by atoms with van der Waals surface area (Å²) in [5.41, 5.74) is 5.06. The van der Waals surface area contributed by atoms with Crippen LogP contribution in [-0.2, 0) is 0 Å². The number of benzene rings is 2. The molecule has 0 spiro atoms. The zero-order valence-corrected chi connectivity index (χ0v) is 12.8. The fraction of sp³-hybridized carbons (Fsp3) is 0.176. The number of hydrazone groups is 1. The Morgan fingerprint density at radius 2 is 1.86 bits per heavy atom. The highest BCUT2D eigenvalue weighted by molar-refractivity contribution is 6.48. The first-order valence-corrected chi connectivity index (χ1v) is 7.31. The van der Waals surface area contributed by atoms with Gasteiger partial charge in [-0.2, -0.15) is 5.10 Å². The Balaban J connectivity index is 1.85. The second kappa shape index (κ2) is 6.20. The first kappa shape index (κ1) is 14.6. The summed E-state index contributed by atoms with van der Waals surface area (Å²) in [6.45, 7) is 0.610.